The summed E-state index contributed by atoms with van der Waals surface area (Å²) in [4.78, 5) is 13.6. The predicted octanol–water partition coefficient (Wildman–Crippen LogP) is 7.58. The minimum atomic E-state index is -4.53. The molecule has 1 fully saturated rings. The highest BCUT2D eigenvalue weighted by Gasteiger charge is 2.35. The second-order valence-corrected chi connectivity index (χ2v) is 9.53. The molecule has 4 rings (SSSR count). The van der Waals surface area contributed by atoms with Crippen molar-refractivity contribution in [3.8, 4) is 22.3 Å². The Morgan fingerprint density at radius 2 is 1.76 bits per heavy atom. The number of hydrogen-bond acceptors (Lipinski definition) is 3. The van der Waals surface area contributed by atoms with Crippen LogP contribution in [0.2, 0.25) is 0 Å². The van der Waals surface area contributed by atoms with Gasteiger partial charge < -0.3 is 5.73 Å². The Bertz CT molecular complexity index is 1150. The van der Waals surface area contributed by atoms with Crippen molar-refractivity contribution in [2.24, 2.45) is 11.7 Å². The highest BCUT2D eigenvalue weighted by Crippen LogP contribution is 2.42. The molecule has 0 aliphatic heterocycles. The lowest BCUT2D eigenvalue weighted by Gasteiger charge is -2.23. The van der Waals surface area contributed by atoms with Crippen molar-refractivity contribution in [1.82, 2.24) is 0 Å². The normalized spacial score (nSPS) is 19.0. The van der Waals surface area contributed by atoms with Gasteiger partial charge in [-0.05, 0) is 71.9 Å². The zero-order chi connectivity index (χ0) is 23.8. The lowest BCUT2D eigenvalue weighted by molar-refractivity contribution is -0.137. The molecule has 1 aromatic heterocycles. The van der Waals surface area contributed by atoms with Crippen molar-refractivity contribution in [2.75, 3.05) is 0 Å². The molecule has 0 saturated heterocycles. The number of Topliss-reactive ketones (excluding diaryl/α,β-unsaturated/α-hetero) is 1. The maximum atomic E-state index is 14.0. The Hall–Kier alpha value is -2.51. The minimum Gasteiger partial charge on any atom is -0.326 e. The number of thiophene rings is 1. The van der Waals surface area contributed by atoms with Crippen molar-refractivity contribution >= 4 is 17.1 Å². The van der Waals surface area contributed by atoms with E-state index in [9.17, 15) is 22.4 Å². The molecule has 33 heavy (non-hydrogen) atoms. The quantitative estimate of drug-likeness (QED) is 0.305. The van der Waals surface area contributed by atoms with E-state index in [1.807, 2.05) is 0 Å². The van der Waals surface area contributed by atoms with Crippen LogP contribution in [0.25, 0.3) is 22.3 Å². The lowest BCUT2D eigenvalue weighted by atomic mass is 9.82. The molecule has 1 aliphatic carbocycles. The highest BCUT2D eigenvalue weighted by atomic mass is 32.1. The molecule has 2 N–H and O–H groups in total. The van der Waals surface area contributed by atoms with Gasteiger partial charge in [0.1, 0.15) is 6.17 Å². The van der Waals surface area contributed by atoms with Crippen LogP contribution >= 0.6 is 11.3 Å². The molecule has 2 aromatic carbocycles. The van der Waals surface area contributed by atoms with Crippen molar-refractivity contribution in [3.63, 3.8) is 0 Å². The van der Waals surface area contributed by atoms with Gasteiger partial charge in [-0.15, -0.1) is 11.3 Å². The van der Waals surface area contributed by atoms with Gasteiger partial charge in [0.15, 0.2) is 5.78 Å². The molecule has 1 saturated carbocycles. The van der Waals surface area contributed by atoms with Crippen LogP contribution in [0.3, 0.4) is 0 Å². The summed E-state index contributed by atoms with van der Waals surface area (Å²) in [5, 5.41) is 1.72. The first-order chi connectivity index (χ1) is 15.7. The number of nitrogens with two attached hydrogens (primary N) is 1. The van der Waals surface area contributed by atoms with E-state index in [0.29, 0.717) is 41.5 Å². The molecule has 1 aliphatic rings. The van der Waals surface area contributed by atoms with Gasteiger partial charge in [-0.3, -0.25) is 4.79 Å². The monoisotopic (exact) mass is 475 g/mol. The Morgan fingerprint density at radius 3 is 2.36 bits per heavy atom. The van der Waals surface area contributed by atoms with E-state index >= 15 is 0 Å². The second kappa shape index (κ2) is 9.39. The van der Waals surface area contributed by atoms with Gasteiger partial charge in [-0.2, -0.15) is 13.2 Å². The van der Waals surface area contributed by atoms with Crippen molar-refractivity contribution < 1.29 is 22.4 Å². The number of carbonyl (C=O) groups excluding carboxylic acids is 1. The van der Waals surface area contributed by atoms with Gasteiger partial charge in [0.05, 0.1) is 5.56 Å². The van der Waals surface area contributed by atoms with E-state index in [0.717, 1.165) is 16.5 Å². The average Bonchev–Trinajstić information content (AvgIpc) is 3.18. The molecule has 2 nitrogen and oxygen atoms in total. The summed E-state index contributed by atoms with van der Waals surface area (Å²) in [6, 6.07) is 10.9. The maximum Gasteiger partial charge on any atom is 0.417 e. The summed E-state index contributed by atoms with van der Waals surface area (Å²) >= 11 is 1.36. The smallest absolute Gasteiger partial charge is 0.326 e. The summed E-state index contributed by atoms with van der Waals surface area (Å²) in [6.07, 6.45) is -3.37. The van der Waals surface area contributed by atoms with Crippen molar-refractivity contribution in [1.29, 1.82) is 0 Å². The molecule has 2 atom stereocenters. The number of hydrogen-bond donors (Lipinski definition) is 1. The summed E-state index contributed by atoms with van der Waals surface area (Å²) in [7, 11) is 0. The minimum absolute atomic E-state index is 0.0983. The number of rotatable bonds is 5. The topological polar surface area (TPSA) is 43.1 Å². The Labute approximate surface area is 194 Å². The summed E-state index contributed by atoms with van der Waals surface area (Å²) in [5.74, 6) is -0.429. The molecule has 2 unspecified atom stereocenters. The van der Waals surface area contributed by atoms with Crippen LogP contribution in [0.5, 0.6) is 0 Å². The fourth-order valence-corrected chi connectivity index (χ4v) is 5.49. The van der Waals surface area contributed by atoms with Crippen LogP contribution < -0.4 is 5.73 Å². The molecule has 3 aromatic rings. The lowest BCUT2D eigenvalue weighted by Crippen LogP contribution is -2.23. The van der Waals surface area contributed by atoms with E-state index < -0.39 is 17.9 Å². The first kappa shape index (κ1) is 23.6. The van der Waals surface area contributed by atoms with Crippen LogP contribution in [0.4, 0.5) is 17.6 Å². The fourth-order valence-electron chi connectivity index (χ4n) is 4.55. The fraction of sp³-hybridized carbons (Fsp3) is 0.346. The Kier molecular flexibility index (Phi) is 6.73. The van der Waals surface area contributed by atoms with Gasteiger partial charge in [0.25, 0.3) is 0 Å². The average molecular weight is 476 g/mol. The molecule has 0 amide bonds. The van der Waals surface area contributed by atoms with Crippen molar-refractivity contribution in [3.05, 3.63) is 69.4 Å². The van der Waals surface area contributed by atoms with E-state index in [2.05, 4.69) is 0 Å². The number of carbonyl (C=O) groups is 1. The van der Waals surface area contributed by atoms with Crippen molar-refractivity contribution in [2.45, 2.75) is 51.5 Å². The third-order valence-electron chi connectivity index (χ3n) is 6.43. The van der Waals surface area contributed by atoms with Crippen LogP contribution in [0, 0.1) is 12.8 Å². The first-order valence-corrected chi connectivity index (χ1v) is 11.8. The largest absolute Gasteiger partial charge is 0.417 e. The molecule has 0 bridgehead atoms. The SMILES string of the molecule is Cc1c(-c2ccc(-c3ccc(C(=O)C4CCCC(F)C4)cc3)cc2C(F)(F)F)csc1CN. The van der Waals surface area contributed by atoms with Gasteiger partial charge in [0.2, 0.25) is 0 Å². The summed E-state index contributed by atoms with van der Waals surface area (Å²) < 4.78 is 55.6. The molecule has 174 valence electrons. The number of alkyl halides is 4. The molecular weight excluding hydrogens is 450 g/mol. The first-order valence-electron chi connectivity index (χ1n) is 11.0. The van der Waals surface area contributed by atoms with E-state index in [1.54, 1.807) is 42.6 Å². The van der Waals surface area contributed by atoms with Gasteiger partial charge in [-0.1, -0.05) is 36.4 Å². The van der Waals surface area contributed by atoms with Gasteiger partial charge >= 0.3 is 6.18 Å². The predicted molar refractivity (Wildman–Crippen MR) is 124 cm³/mol. The molecule has 0 radical (unpaired) electrons. The number of halogens is 4. The van der Waals surface area contributed by atoms with Crippen LogP contribution in [-0.4, -0.2) is 12.0 Å². The maximum absolute atomic E-state index is 14.0. The third kappa shape index (κ3) is 4.89. The molecule has 0 spiro atoms. The van der Waals surface area contributed by atoms with E-state index in [1.165, 1.54) is 17.4 Å². The summed E-state index contributed by atoms with van der Waals surface area (Å²) in [5.41, 5.74) is 7.89. The summed E-state index contributed by atoms with van der Waals surface area (Å²) in [6.45, 7) is 2.07. The molecule has 1 heterocycles. The number of ketones is 1. The molecule has 7 heteroatoms. The zero-order valence-corrected chi connectivity index (χ0v) is 19.0. The Balaban J connectivity index is 1.65. The van der Waals surface area contributed by atoms with Gasteiger partial charge in [0, 0.05) is 22.9 Å². The molecular formula is C26H25F4NOS. The van der Waals surface area contributed by atoms with E-state index in [-0.39, 0.29) is 30.2 Å². The standard InChI is InChI=1S/C26H25F4NOS/c1-15-22(14-33-24(15)13-31)21-10-9-18(12-23(21)26(28,29)30)16-5-7-17(8-6-16)25(32)19-3-2-4-20(27)11-19/h5-10,12,14,19-20H,2-4,11,13,31H2,1H3. The van der Waals surface area contributed by atoms with Crippen LogP contribution in [-0.2, 0) is 12.7 Å². The van der Waals surface area contributed by atoms with Gasteiger partial charge in [-0.25, -0.2) is 4.39 Å². The Morgan fingerprint density at radius 1 is 1.06 bits per heavy atom. The highest BCUT2D eigenvalue weighted by molar-refractivity contribution is 7.10. The zero-order valence-electron chi connectivity index (χ0n) is 18.2. The number of benzene rings is 2. The third-order valence-corrected chi connectivity index (χ3v) is 7.54. The van der Waals surface area contributed by atoms with Crippen LogP contribution in [0.15, 0.2) is 47.8 Å². The second-order valence-electron chi connectivity index (χ2n) is 8.56. The van der Waals surface area contributed by atoms with Crippen LogP contribution in [0.1, 0.15) is 52.0 Å². The van der Waals surface area contributed by atoms with E-state index in [4.69, 9.17) is 5.73 Å².